The Kier molecular flexibility index (Phi) is 6.66. The van der Waals surface area contributed by atoms with Crippen molar-refractivity contribution in [1.82, 2.24) is 0 Å². The first-order chi connectivity index (χ1) is 15.9. The van der Waals surface area contributed by atoms with E-state index in [9.17, 15) is 9.59 Å². The maximum atomic E-state index is 13.8. The number of allylic oxidation sites excluding steroid dienone is 1. The Morgan fingerprint density at radius 2 is 1.70 bits per heavy atom. The highest BCUT2D eigenvalue weighted by atomic mass is 35.5. The van der Waals surface area contributed by atoms with Gasteiger partial charge in [-0.05, 0) is 59.4 Å². The standard InChI is InChI=1S/C28H26ClNO3/c1-18(2)24(16-19-11-13-22(29)14-12-19)26-23-9-4-5-10-25(23)30(27(26)31)17-20-7-6-8-21(15-20)28(32)33-3/h4-15,18H,16-17H2,1-3H3/b26-24-. The zero-order valence-electron chi connectivity index (χ0n) is 19.0. The lowest BCUT2D eigenvalue weighted by molar-refractivity contribution is -0.113. The van der Waals surface area contributed by atoms with Crippen LogP contribution >= 0.6 is 11.6 Å². The van der Waals surface area contributed by atoms with E-state index in [2.05, 4.69) is 13.8 Å². The second kappa shape index (κ2) is 9.63. The van der Waals surface area contributed by atoms with E-state index in [0.717, 1.165) is 33.5 Å². The van der Waals surface area contributed by atoms with Gasteiger partial charge in [0.15, 0.2) is 0 Å². The number of benzene rings is 3. The molecule has 0 saturated carbocycles. The summed E-state index contributed by atoms with van der Waals surface area (Å²) in [6.07, 6.45) is 0.676. The maximum absolute atomic E-state index is 13.8. The van der Waals surface area contributed by atoms with Gasteiger partial charge in [0.25, 0.3) is 5.91 Å². The van der Waals surface area contributed by atoms with Gasteiger partial charge < -0.3 is 9.64 Å². The summed E-state index contributed by atoms with van der Waals surface area (Å²) in [7, 11) is 1.36. The number of amides is 1. The van der Waals surface area contributed by atoms with Gasteiger partial charge in [-0.2, -0.15) is 0 Å². The van der Waals surface area contributed by atoms with E-state index in [1.54, 1.807) is 17.0 Å². The molecular formula is C28H26ClNO3. The first-order valence-electron chi connectivity index (χ1n) is 10.9. The first-order valence-corrected chi connectivity index (χ1v) is 11.3. The Bertz CT molecular complexity index is 1230. The lowest BCUT2D eigenvalue weighted by Gasteiger charge is -2.19. The summed E-state index contributed by atoms with van der Waals surface area (Å²) in [5.74, 6) is -0.219. The van der Waals surface area contributed by atoms with Crippen LogP contribution in [0.5, 0.6) is 0 Å². The van der Waals surface area contributed by atoms with Crippen LogP contribution in [0.2, 0.25) is 5.02 Å². The van der Waals surface area contributed by atoms with Crippen LogP contribution in [-0.4, -0.2) is 19.0 Å². The molecule has 33 heavy (non-hydrogen) atoms. The fourth-order valence-electron chi connectivity index (χ4n) is 4.25. The molecule has 168 valence electrons. The van der Waals surface area contributed by atoms with Crippen molar-refractivity contribution in [3.05, 3.63) is 106 Å². The molecule has 4 rings (SSSR count). The van der Waals surface area contributed by atoms with E-state index in [1.165, 1.54) is 7.11 Å². The van der Waals surface area contributed by atoms with E-state index < -0.39 is 5.97 Å². The molecule has 0 saturated heterocycles. The number of esters is 1. The number of rotatable bonds is 6. The Morgan fingerprint density at radius 1 is 0.970 bits per heavy atom. The van der Waals surface area contributed by atoms with Gasteiger partial charge in [-0.15, -0.1) is 0 Å². The zero-order valence-corrected chi connectivity index (χ0v) is 19.7. The van der Waals surface area contributed by atoms with E-state index in [-0.39, 0.29) is 11.8 Å². The van der Waals surface area contributed by atoms with Crippen LogP contribution in [0.25, 0.3) is 5.57 Å². The van der Waals surface area contributed by atoms with Gasteiger partial charge in [-0.3, -0.25) is 4.79 Å². The fourth-order valence-corrected chi connectivity index (χ4v) is 4.37. The Hall–Kier alpha value is -3.37. The Morgan fingerprint density at radius 3 is 2.39 bits per heavy atom. The summed E-state index contributed by atoms with van der Waals surface area (Å²) >= 11 is 6.06. The van der Waals surface area contributed by atoms with Gasteiger partial charge in [-0.25, -0.2) is 4.79 Å². The van der Waals surface area contributed by atoms with Crippen molar-refractivity contribution in [3.8, 4) is 0 Å². The minimum absolute atomic E-state index is 0.0164. The average molecular weight is 460 g/mol. The molecule has 5 heteroatoms. The summed E-state index contributed by atoms with van der Waals surface area (Å²) in [6.45, 7) is 4.61. The SMILES string of the molecule is COC(=O)c1cccc(CN2C(=O)/C(=C(/Cc3ccc(Cl)cc3)C(C)C)c3ccccc32)c1. The van der Waals surface area contributed by atoms with E-state index in [4.69, 9.17) is 16.3 Å². The van der Waals surface area contributed by atoms with Crippen molar-refractivity contribution < 1.29 is 14.3 Å². The van der Waals surface area contributed by atoms with Crippen molar-refractivity contribution in [2.24, 2.45) is 5.92 Å². The summed E-state index contributed by atoms with van der Waals surface area (Å²) in [5.41, 5.74) is 6.15. The summed E-state index contributed by atoms with van der Waals surface area (Å²) < 4.78 is 4.84. The highest BCUT2D eigenvalue weighted by molar-refractivity contribution is 6.33. The number of halogens is 1. The van der Waals surface area contributed by atoms with Crippen LogP contribution < -0.4 is 4.90 Å². The zero-order chi connectivity index (χ0) is 23.5. The molecule has 1 aliphatic heterocycles. The molecule has 0 spiro atoms. The third-order valence-electron chi connectivity index (χ3n) is 5.94. The number of hydrogen-bond acceptors (Lipinski definition) is 3. The summed E-state index contributed by atoms with van der Waals surface area (Å²) in [5, 5.41) is 0.695. The highest BCUT2D eigenvalue weighted by Crippen LogP contribution is 2.41. The molecule has 0 N–H and O–H groups in total. The lowest BCUT2D eigenvalue weighted by Crippen LogP contribution is -2.26. The minimum atomic E-state index is -0.393. The molecule has 1 aliphatic rings. The quantitative estimate of drug-likeness (QED) is 0.320. The van der Waals surface area contributed by atoms with Crippen LogP contribution in [0.4, 0.5) is 5.69 Å². The van der Waals surface area contributed by atoms with Crippen LogP contribution in [0, 0.1) is 5.92 Å². The van der Waals surface area contributed by atoms with Crippen molar-refractivity contribution in [3.63, 3.8) is 0 Å². The molecule has 0 aromatic heterocycles. The van der Waals surface area contributed by atoms with Crippen LogP contribution in [-0.2, 0) is 22.5 Å². The third-order valence-corrected chi connectivity index (χ3v) is 6.19. The molecule has 0 aliphatic carbocycles. The molecule has 0 fully saturated rings. The van der Waals surface area contributed by atoms with Gasteiger partial charge in [0, 0.05) is 16.2 Å². The molecule has 0 radical (unpaired) electrons. The van der Waals surface area contributed by atoms with Crippen LogP contribution in [0.1, 0.15) is 40.9 Å². The first kappa shape index (κ1) is 22.8. The van der Waals surface area contributed by atoms with E-state index >= 15 is 0 Å². The normalized spacial score (nSPS) is 14.5. The number of carbonyl (C=O) groups is 2. The Labute approximate surface area is 199 Å². The number of fused-ring (bicyclic) bond motifs is 1. The van der Waals surface area contributed by atoms with Gasteiger partial charge in [-0.1, -0.05) is 67.9 Å². The van der Waals surface area contributed by atoms with Gasteiger partial charge in [0.1, 0.15) is 0 Å². The van der Waals surface area contributed by atoms with Gasteiger partial charge in [0.05, 0.1) is 24.9 Å². The Balaban J connectivity index is 1.74. The lowest BCUT2D eigenvalue weighted by atomic mass is 9.88. The maximum Gasteiger partial charge on any atom is 0.337 e. The number of para-hydroxylation sites is 1. The van der Waals surface area contributed by atoms with Crippen molar-refractivity contribution in [1.29, 1.82) is 0 Å². The number of nitrogens with zero attached hydrogens (tertiary/aromatic N) is 1. The van der Waals surface area contributed by atoms with Crippen molar-refractivity contribution >= 4 is 34.7 Å². The molecule has 0 unspecified atom stereocenters. The van der Waals surface area contributed by atoms with Gasteiger partial charge >= 0.3 is 5.97 Å². The fraction of sp³-hybridized carbons (Fsp3) is 0.214. The summed E-state index contributed by atoms with van der Waals surface area (Å²) in [4.78, 5) is 27.5. The van der Waals surface area contributed by atoms with Crippen molar-refractivity contribution in [2.45, 2.75) is 26.8 Å². The molecule has 4 nitrogen and oxygen atoms in total. The third kappa shape index (κ3) is 4.71. The van der Waals surface area contributed by atoms with Crippen LogP contribution in [0.15, 0.2) is 78.4 Å². The minimum Gasteiger partial charge on any atom is -0.465 e. The van der Waals surface area contributed by atoms with Crippen LogP contribution in [0.3, 0.4) is 0 Å². The van der Waals surface area contributed by atoms with Crippen molar-refractivity contribution in [2.75, 3.05) is 12.0 Å². The molecule has 3 aromatic rings. The largest absolute Gasteiger partial charge is 0.465 e. The number of anilines is 1. The number of ether oxygens (including phenoxy) is 1. The number of carbonyl (C=O) groups excluding carboxylic acids is 2. The highest BCUT2D eigenvalue weighted by Gasteiger charge is 2.34. The number of hydrogen-bond donors (Lipinski definition) is 0. The average Bonchev–Trinajstić information content (AvgIpc) is 3.09. The molecular weight excluding hydrogens is 434 g/mol. The predicted molar refractivity (Wildman–Crippen MR) is 132 cm³/mol. The van der Waals surface area contributed by atoms with Gasteiger partial charge in [0.2, 0.25) is 0 Å². The summed E-state index contributed by atoms with van der Waals surface area (Å²) in [6, 6.07) is 22.9. The second-order valence-corrected chi connectivity index (χ2v) is 8.90. The smallest absolute Gasteiger partial charge is 0.337 e. The molecule has 1 amide bonds. The second-order valence-electron chi connectivity index (χ2n) is 8.46. The molecule has 3 aromatic carbocycles. The van der Waals surface area contributed by atoms with E-state index in [0.29, 0.717) is 23.6 Å². The molecule has 0 atom stereocenters. The topological polar surface area (TPSA) is 46.6 Å². The number of methoxy groups -OCH3 is 1. The molecule has 0 bridgehead atoms. The van der Waals surface area contributed by atoms with E-state index in [1.807, 2.05) is 60.7 Å². The predicted octanol–water partition coefficient (Wildman–Crippen LogP) is 6.33. The monoisotopic (exact) mass is 459 g/mol. The molecule has 1 heterocycles.